The number of hydrogen-bond acceptors (Lipinski definition) is 3. The molecule has 1 aliphatic rings. The molecule has 0 N–H and O–H groups in total. The van der Waals surface area contributed by atoms with E-state index < -0.39 is 30.2 Å². The Balaban J connectivity index is 2.20. The van der Waals surface area contributed by atoms with Gasteiger partial charge in [-0.15, -0.1) is 11.8 Å². The molecular formula is C14H17BClF3O2S. The molecule has 22 heavy (non-hydrogen) atoms. The Morgan fingerprint density at radius 1 is 1.14 bits per heavy atom. The monoisotopic (exact) mass is 352 g/mol. The van der Waals surface area contributed by atoms with Gasteiger partial charge in [-0.25, -0.2) is 0 Å². The smallest absolute Gasteiger partial charge is 0.399 e. The predicted molar refractivity (Wildman–Crippen MR) is 83.9 cm³/mol. The largest absolute Gasteiger partial charge is 0.494 e. The molecule has 1 fully saturated rings. The molecule has 8 heteroatoms. The van der Waals surface area contributed by atoms with E-state index in [1.54, 1.807) is 18.2 Å². The van der Waals surface area contributed by atoms with Crippen molar-refractivity contribution in [1.82, 2.24) is 0 Å². The molecule has 0 aromatic heterocycles. The molecule has 2 rings (SSSR count). The summed E-state index contributed by atoms with van der Waals surface area (Å²) in [5.74, 6) is -0.987. The molecule has 1 saturated heterocycles. The Bertz CT molecular complexity index is 548. The first-order valence-corrected chi connectivity index (χ1v) is 8.12. The minimum absolute atomic E-state index is 0.287. The summed E-state index contributed by atoms with van der Waals surface area (Å²) in [6.07, 6.45) is -4.24. The number of alkyl halides is 3. The van der Waals surface area contributed by atoms with Crippen LogP contribution in [0.1, 0.15) is 27.7 Å². The van der Waals surface area contributed by atoms with Gasteiger partial charge in [-0.2, -0.15) is 13.2 Å². The normalized spacial score (nSPS) is 20.5. The summed E-state index contributed by atoms with van der Waals surface area (Å²) in [5, 5.41) is 0.287. The molecule has 1 aromatic carbocycles. The van der Waals surface area contributed by atoms with Crippen LogP contribution in [-0.2, 0) is 9.31 Å². The molecule has 0 unspecified atom stereocenters. The highest BCUT2D eigenvalue weighted by molar-refractivity contribution is 7.99. The highest BCUT2D eigenvalue weighted by Gasteiger charge is 2.51. The van der Waals surface area contributed by atoms with Gasteiger partial charge in [0.2, 0.25) is 0 Å². The number of halogens is 4. The molecule has 0 atom stereocenters. The maximum atomic E-state index is 12.4. The van der Waals surface area contributed by atoms with Crippen molar-refractivity contribution in [3.05, 3.63) is 23.2 Å². The Morgan fingerprint density at radius 3 is 2.18 bits per heavy atom. The second-order valence-corrected chi connectivity index (χ2v) is 7.61. The van der Waals surface area contributed by atoms with Crippen LogP contribution in [-0.4, -0.2) is 30.2 Å². The maximum Gasteiger partial charge on any atom is 0.494 e. The fourth-order valence-corrected chi connectivity index (χ4v) is 2.94. The van der Waals surface area contributed by atoms with E-state index in [1.165, 1.54) is 0 Å². The van der Waals surface area contributed by atoms with Crippen molar-refractivity contribution < 1.29 is 22.5 Å². The first kappa shape index (κ1) is 18.0. The summed E-state index contributed by atoms with van der Waals surface area (Å²) in [6.45, 7) is 7.68. The van der Waals surface area contributed by atoms with Crippen LogP contribution in [0.2, 0.25) is 5.02 Å². The van der Waals surface area contributed by atoms with Crippen LogP contribution < -0.4 is 5.46 Å². The maximum absolute atomic E-state index is 12.4. The van der Waals surface area contributed by atoms with E-state index in [0.29, 0.717) is 22.1 Å². The lowest BCUT2D eigenvalue weighted by Gasteiger charge is -2.32. The van der Waals surface area contributed by atoms with E-state index >= 15 is 0 Å². The van der Waals surface area contributed by atoms with Gasteiger partial charge in [-0.05, 0) is 45.3 Å². The molecule has 0 aliphatic carbocycles. The average molecular weight is 353 g/mol. The van der Waals surface area contributed by atoms with Crippen molar-refractivity contribution in [1.29, 1.82) is 0 Å². The third-order valence-electron chi connectivity index (χ3n) is 3.87. The summed E-state index contributed by atoms with van der Waals surface area (Å²) in [7, 11) is -0.618. The molecule has 1 aliphatic heterocycles. The van der Waals surface area contributed by atoms with Gasteiger partial charge in [0.25, 0.3) is 0 Å². The van der Waals surface area contributed by atoms with Crippen LogP contribution in [0.3, 0.4) is 0 Å². The topological polar surface area (TPSA) is 18.5 Å². The van der Waals surface area contributed by atoms with Gasteiger partial charge < -0.3 is 9.31 Å². The van der Waals surface area contributed by atoms with E-state index in [9.17, 15) is 13.2 Å². The van der Waals surface area contributed by atoms with E-state index in [4.69, 9.17) is 20.9 Å². The number of hydrogen-bond donors (Lipinski definition) is 0. The first-order chi connectivity index (χ1) is 9.91. The molecule has 0 bridgehead atoms. The molecule has 0 radical (unpaired) electrons. The zero-order valence-corrected chi connectivity index (χ0v) is 14.3. The molecule has 2 nitrogen and oxygen atoms in total. The summed E-state index contributed by atoms with van der Waals surface area (Å²) in [6, 6.07) is 4.88. The van der Waals surface area contributed by atoms with E-state index in [-0.39, 0.29) is 5.02 Å². The van der Waals surface area contributed by atoms with Crippen molar-refractivity contribution in [3.8, 4) is 0 Å². The fraction of sp³-hybridized carbons (Fsp3) is 0.571. The van der Waals surface area contributed by atoms with Crippen LogP contribution in [0, 0.1) is 0 Å². The van der Waals surface area contributed by atoms with Gasteiger partial charge >= 0.3 is 13.3 Å². The van der Waals surface area contributed by atoms with Gasteiger partial charge in [-0.3, -0.25) is 0 Å². The minimum Gasteiger partial charge on any atom is -0.399 e. The van der Waals surface area contributed by atoms with Gasteiger partial charge in [0, 0.05) is 4.90 Å². The lowest BCUT2D eigenvalue weighted by Crippen LogP contribution is -2.41. The molecule has 0 spiro atoms. The first-order valence-electron chi connectivity index (χ1n) is 6.76. The van der Waals surface area contributed by atoms with Crippen LogP contribution >= 0.6 is 23.4 Å². The molecule has 0 saturated carbocycles. The minimum atomic E-state index is -4.24. The molecular weight excluding hydrogens is 335 g/mol. The Labute approximate surface area is 137 Å². The third-order valence-corrected chi connectivity index (χ3v) is 5.43. The van der Waals surface area contributed by atoms with Gasteiger partial charge in [-0.1, -0.05) is 17.7 Å². The van der Waals surface area contributed by atoms with Crippen molar-refractivity contribution in [2.24, 2.45) is 0 Å². The quantitative estimate of drug-likeness (QED) is 0.597. The lowest BCUT2D eigenvalue weighted by molar-refractivity contribution is -0.105. The van der Waals surface area contributed by atoms with Gasteiger partial charge in [0.1, 0.15) is 0 Å². The summed E-state index contributed by atoms with van der Waals surface area (Å²) < 4.78 is 48.9. The van der Waals surface area contributed by atoms with Crippen LogP contribution in [0.25, 0.3) is 0 Å². The fourth-order valence-electron chi connectivity index (χ4n) is 1.92. The van der Waals surface area contributed by atoms with Crippen molar-refractivity contribution in [2.45, 2.75) is 50.0 Å². The van der Waals surface area contributed by atoms with Crippen molar-refractivity contribution in [3.63, 3.8) is 0 Å². The SMILES string of the molecule is CC1(C)OB(c2ccc(Cl)c(SCC(F)(F)F)c2)OC1(C)C. The van der Waals surface area contributed by atoms with Crippen LogP contribution in [0.4, 0.5) is 13.2 Å². The van der Waals surface area contributed by atoms with Crippen LogP contribution in [0.5, 0.6) is 0 Å². The Morgan fingerprint density at radius 2 is 1.68 bits per heavy atom. The van der Waals surface area contributed by atoms with E-state index in [0.717, 1.165) is 0 Å². The van der Waals surface area contributed by atoms with E-state index in [2.05, 4.69) is 0 Å². The van der Waals surface area contributed by atoms with Crippen molar-refractivity contribution in [2.75, 3.05) is 5.75 Å². The molecule has 1 heterocycles. The third kappa shape index (κ3) is 3.93. The lowest BCUT2D eigenvalue weighted by atomic mass is 9.79. The highest BCUT2D eigenvalue weighted by Crippen LogP contribution is 2.37. The average Bonchev–Trinajstić information content (AvgIpc) is 2.56. The summed E-state index contributed by atoms with van der Waals surface area (Å²) >= 11 is 6.63. The second-order valence-electron chi connectivity index (χ2n) is 6.18. The second kappa shape index (κ2) is 5.93. The highest BCUT2D eigenvalue weighted by atomic mass is 35.5. The number of rotatable bonds is 3. The molecule has 1 aromatic rings. The summed E-state index contributed by atoms with van der Waals surface area (Å²) in [4.78, 5) is 0.367. The summed E-state index contributed by atoms with van der Waals surface area (Å²) in [5.41, 5.74) is -0.347. The van der Waals surface area contributed by atoms with Gasteiger partial charge in [0.05, 0.1) is 22.0 Å². The Kier molecular flexibility index (Phi) is 4.84. The standard InChI is InChI=1S/C14H17BClF3O2S/c1-12(2)13(3,4)21-15(20-12)9-5-6-10(16)11(7-9)22-8-14(17,18)19/h5-7H,8H2,1-4H3. The molecule has 0 amide bonds. The Hall–Kier alpha value is -0.365. The van der Waals surface area contributed by atoms with Crippen molar-refractivity contribution >= 4 is 35.9 Å². The predicted octanol–water partition coefficient (Wildman–Crippen LogP) is 4.29. The van der Waals surface area contributed by atoms with E-state index in [1.807, 2.05) is 27.7 Å². The molecule has 122 valence electrons. The zero-order valence-electron chi connectivity index (χ0n) is 12.8. The zero-order chi connectivity index (χ0) is 16.8. The number of thioether (sulfide) groups is 1. The van der Waals surface area contributed by atoms with Gasteiger partial charge in [0.15, 0.2) is 0 Å². The number of benzene rings is 1. The van der Waals surface area contributed by atoms with Crippen LogP contribution in [0.15, 0.2) is 23.1 Å².